The van der Waals surface area contributed by atoms with E-state index in [-0.39, 0.29) is 5.56 Å². The molecule has 0 unspecified atom stereocenters. The quantitative estimate of drug-likeness (QED) is 0.331. The summed E-state index contributed by atoms with van der Waals surface area (Å²) in [6, 6.07) is 6.27. The molecule has 27 heavy (non-hydrogen) atoms. The third-order valence-corrected chi connectivity index (χ3v) is 7.34. The van der Waals surface area contributed by atoms with E-state index in [1.807, 2.05) is 5.38 Å². The van der Waals surface area contributed by atoms with Crippen LogP contribution in [-0.4, -0.2) is 19.1 Å². The number of hydrogen-bond donors (Lipinski definition) is 0. The van der Waals surface area contributed by atoms with E-state index < -0.39 is 0 Å². The molecule has 0 saturated carbocycles. The Balaban J connectivity index is 1.76. The summed E-state index contributed by atoms with van der Waals surface area (Å²) in [6.07, 6.45) is 0. The van der Waals surface area contributed by atoms with Gasteiger partial charge in [-0.2, -0.15) is 0 Å². The van der Waals surface area contributed by atoms with Crippen molar-refractivity contribution in [1.29, 1.82) is 0 Å². The predicted octanol–water partition coefficient (Wildman–Crippen LogP) is 5.08. The van der Waals surface area contributed by atoms with E-state index in [1.165, 1.54) is 34.2 Å². The zero-order chi connectivity index (χ0) is 19.1. The van der Waals surface area contributed by atoms with E-state index >= 15 is 0 Å². The fourth-order valence-electron chi connectivity index (χ4n) is 2.72. The second kappa shape index (κ2) is 7.35. The SMILES string of the molecule is Cc1ccc(-c2csc3nc(SCc4nnsc4Cl)n(C)c(=O)c23)cc1C. The van der Waals surface area contributed by atoms with Crippen molar-refractivity contribution in [2.45, 2.75) is 24.8 Å². The van der Waals surface area contributed by atoms with E-state index in [2.05, 4.69) is 41.6 Å². The van der Waals surface area contributed by atoms with Crippen LogP contribution in [0.2, 0.25) is 4.34 Å². The summed E-state index contributed by atoms with van der Waals surface area (Å²) in [5, 5.41) is 7.33. The highest BCUT2D eigenvalue weighted by Gasteiger charge is 2.17. The van der Waals surface area contributed by atoms with Crippen molar-refractivity contribution < 1.29 is 0 Å². The molecular formula is C18H15ClN4OS3. The van der Waals surface area contributed by atoms with Crippen molar-refractivity contribution in [2.24, 2.45) is 7.05 Å². The molecule has 0 amide bonds. The highest BCUT2D eigenvalue weighted by Crippen LogP contribution is 2.33. The zero-order valence-corrected chi connectivity index (χ0v) is 18.0. The zero-order valence-electron chi connectivity index (χ0n) is 14.8. The van der Waals surface area contributed by atoms with Gasteiger partial charge in [-0.05, 0) is 30.5 Å². The first-order valence-electron chi connectivity index (χ1n) is 8.11. The van der Waals surface area contributed by atoms with Crippen molar-refractivity contribution in [3.63, 3.8) is 0 Å². The second-order valence-corrected chi connectivity index (χ2v) is 9.33. The van der Waals surface area contributed by atoms with Crippen LogP contribution >= 0.6 is 46.2 Å². The number of halogens is 1. The summed E-state index contributed by atoms with van der Waals surface area (Å²) in [5.74, 6) is 0.524. The van der Waals surface area contributed by atoms with E-state index in [0.29, 0.717) is 26.3 Å². The topological polar surface area (TPSA) is 60.7 Å². The van der Waals surface area contributed by atoms with Gasteiger partial charge in [-0.3, -0.25) is 9.36 Å². The number of thioether (sulfide) groups is 1. The molecule has 4 rings (SSSR count). The van der Waals surface area contributed by atoms with Crippen molar-refractivity contribution in [1.82, 2.24) is 19.1 Å². The molecule has 0 bridgehead atoms. The van der Waals surface area contributed by atoms with Gasteiger partial charge in [0.2, 0.25) is 0 Å². The highest BCUT2D eigenvalue weighted by atomic mass is 35.5. The number of rotatable bonds is 4. The Kier molecular flexibility index (Phi) is 5.07. The van der Waals surface area contributed by atoms with Crippen LogP contribution in [-0.2, 0) is 12.8 Å². The Morgan fingerprint density at radius 1 is 1.26 bits per heavy atom. The molecule has 3 aromatic heterocycles. The first-order valence-corrected chi connectivity index (χ1v) is 11.1. The molecule has 1 aromatic carbocycles. The van der Waals surface area contributed by atoms with Crippen molar-refractivity contribution in [2.75, 3.05) is 0 Å². The lowest BCUT2D eigenvalue weighted by Crippen LogP contribution is -2.19. The van der Waals surface area contributed by atoms with Gasteiger partial charge >= 0.3 is 0 Å². The molecule has 0 atom stereocenters. The van der Waals surface area contributed by atoms with Crippen LogP contribution < -0.4 is 5.56 Å². The highest BCUT2D eigenvalue weighted by molar-refractivity contribution is 7.98. The number of thiophene rings is 1. The average Bonchev–Trinajstić information content (AvgIpc) is 3.25. The van der Waals surface area contributed by atoms with E-state index in [9.17, 15) is 4.79 Å². The molecule has 0 saturated heterocycles. The molecule has 0 spiro atoms. The fourth-order valence-corrected chi connectivity index (χ4v) is 5.41. The summed E-state index contributed by atoms with van der Waals surface area (Å²) in [5.41, 5.74) is 5.09. The largest absolute Gasteiger partial charge is 0.290 e. The first-order chi connectivity index (χ1) is 13.0. The van der Waals surface area contributed by atoms with Crippen LogP contribution in [0.4, 0.5) is 0 Å². The third-order valence-electron chi connectivity index (χ3n) is 4.44. The van der Waals surface area contributed by atoms with Crippen molar-refractivity contribution in [3.8, 4) is 11.1 Å². The van der Waals surface area contributed by atoms with Crippen LogP contribution in [0.25, 0.3) is 21.3 Å². The molecule has 0 fully saturated rings. The Morgan fingerprint density at radius 2 is 2.07 bits per heavy atom. The molecule has 0 aliphatic carbocycles. The number of nitrogens with zero attached hydrogens (tertiary/aromatic N) is 4. The van der Waals surface area contributed by atoms with Gasteiger partial charge in [-0.15, -0.1) is 16.4 Å². The monoisotopic (exact) mass is 434 g/mol. The number of aromatic nitrogens is 4. The summed E-state index contributed by atoms with van der Waals surface area (Å²) in [4.78, 5) is 18.5. The van der Waals surface area contributed by atoms with Gasteiger partial charge in [0, 0.05) is 35.3 Å². The molecule has 0 radical (unpaired) electrons. The van der Waals surface area contributed by atoms with Crippen molar-refractivity contribution in [3.05, 3.63) is 55.1 Å². The molecule has 4 aromatic rings. The number of benzene rings is 1. The molecule has 138 valence electrons. The Bertz CT molecular complexity index is 1210. The van der Waals surface area contributed by atoms with Crippen LogP contribution in [0, 0.1) is 13.8 Å². The van der Waals surface area contributed by atoms with E-state index in [0.717, 1.165) is 27.5 Å². The first kappa shape index (κ1) is 18.6. The van der Waals surface area contributed by atoms with Crippen LogP contribution in [0.5, 0.6) is 0 Å². The maximum atomic E-state index is 13.0. The third kappa shape index (κ3) is 3.42. The van der Waals surface area contributed by atoms with Gasteiger partial charge in [-0.1, -0.05) is 46.1 Å². The van der Waals surface area contributed by atoms with E-state index in [4.69, 9.17) is 16.6 Å². The summed E-state index contributed by atoms with van der Waals surface area (Å²) < 4.78 is 6.00. The number of aryl methyl sites for hydroxylation is 2. The Hall–Kier alpha value is -1.74. The lowest BCUT2D eigenvalue weighted by Gasteiger charge is -2.08. The molecule has 5 nitrogen and oxygen atoms in total. The van der Waals surface area contributed by atoms with Gasteiger partial charge in [0.1, 0.15) is 14.9 Å². The van der Waals surface area contributed by atoms with Crippen LogP contribution in [0.1, 0.15) is 16.8 Å². The maximum Gasteiger partial charge on any atom is 0.263 e. The minimum atomic E-state index is -0.0422. The van der Waals surface area contributed by atoms with Gasteiger partial charge in [0.05, 0.1) is 5.39 Å². The molecule has 3 heterocycles. The maximum absolute atomic E-state index is 13.0. The van der Waals surface area contributed by atoms with Crippen LogP contribution in [0.3, 0.4) is 0 Å². The summed E-state index contributed by atoms with van der Waals surface area (Å²) in [6.45, 7) is 4.16. The second-order valence-electron chi connectivity index (χ2n) is 6.17. The molecule has 0 aliphatic rings. The predicted molar refractivity (Wildman–Crippen MR) is 114 cm³/mol. The smallest absolute Gasteiger partial charge is 0.263 e. The summed E-state index contributed by atoms with van der Waals surface area (Å²) in [7, 11) is 1.75. The standard InChI is InChI=1S/C18H15ClN4OS3/c1-9-4-5-11(6-10(9)2)12-7-25-16-14(12)17(24)23(3)18(20-16)26-8-13-15(19)27-22-21-13/h4-7H,8H2,1-3H3. The Labute approximate surface area is 173 Å². The minimum Gasteiger partial charge on any atom is -0.290 e. The van der Waals surface area contributed by atoms with Gasteiger partial charge in [0.15, 0.2) is 5.16 Å². The fraction of sp³-hybridized carbons (Fsp3) is 0.222. The number of fused-ring (bicyclic) bond motifs is 1. The molecular weight excluding hydrogens is 420 g/mol. The lowest BCUT2D eigenvalue weighted by atomic mass is 10.0. The van der Waals surface area contributed by atoms with Crippen LogP contribution in [0.15, 0.2) is 33.5 Å². The average molecular weight is 435 g/mol. The molecule has 0 N–H and O–H groups in total. The minimum absolute atomic E-state index is 0.0422. The normalized spacial score (nSPS) is 11.4. The Morgan fingerprint density at radius 3 is 2.78 bits per heavy atom. The lowest BCUT2D eigenvalue weighted by molar-refractivity contribution is 0.728. The van der Waals surface area contributed by atoms with Gasteiger partial charge in [0.25, 0.3) is 5.56 Å². The molecule has 0 aliphatic heterocycles. The van der Waals surface area contributed by atoms with Crippen molar-refractivity contribution >= 4 is 56.4 Å². The van der Waals surface area contributed by atoms with E-state index in [1.54, 1.807) is 11.6 Å². The molecule has 9 heteroatoms. The van der Waals surface area contributed by atoms with Gasteiger partial charge < -0.3 is 0 Å². The van der Waals surface area contributed by atoms with Gasteiger partial charge in [-0.25, -0.2) is 4.98 Å². The summed E-state index contributed by atoms with van der Waals surface area (Å²) >= 11 is 10.1. The number of hydrogen-bond acceptors (Lipinski definition) is 7.